The number of ether oxygens (including phenoxy) is 2. The molecule has 0 aromatic heterocycles. The topological polar surface area (TPSA) is 76.7 Å². The van der Waals surface area contributed by atoms with E-state index in [0.29, 0.717) is 25.2 Å². The van der Waals surface area contributed by atoms with Gasteiger partial charge in [0.15, 0.2) is 6.10 Å². The van der Waals surface area contributed by atoms with Gasteiger partial charge in [0.25, 0.3) is 5.91 Å². The quantitative estimate of drug-likeness (QED) is 0.713. The van der Waals surface area contributed by atoms with Crippen molar-refractivity contribution in [2.24, 2.45) is 0 Å². The molecular formula is C20H24N2O4. The molecule has 0 spiro atoms. The molecule has 0 heterocycles. The number of hydrogen-bond acceptors (Lipinski definition) is 4. The average molecular weight is 356 g/mol. The monoisotopic (exact) mass is 356 g/mol. The number of carbonyl (C=O) groups excluding carboxylic acids is 2. The molecule has 2 aromatic carbocycles. The van der Waals surface area contributed by atoms with E-state index in [4.69, 9.17) is 9.47 Å². The molecule has 1 atom stereocenters. The minimum absolute atomic E-state index is 0.254. The van der Waals surface area contributed by atoms with Crippen LogP contribution in [0.1, 0.15) is 25.8 Å². The standard InChI is InChI=1S/C20H24N2O4/c1-3-25-17-10-12-18(13-11-17)26-15(2)20(24)22-21-19(23)14-9-16-7-5-4-6-8-16/h4-8,10-13,15H,3,9,14H2,1-2H3,(H,21,23)(H,22,24)/t15-/m1/s1. The summed E-state index contributed by atoms with van der Waals surface area (Å²) in [4.78, 5) is 23.8. The molecule has 2 aromatic rings. The molecule has 6 heteroatoms. The van der Waals surface area contributed by atoms with Gasteiger partial charge in [-0.3, -0.25) is 20.4 Å². The zero-order valence-corrected chi connectivity index (χ0v) is 15.0. The van der Waals surface area contributed by atoms with Gasteiger partial charge >= 0.3 is 0 Å². The van der Waals surface area contributed by atoms with Crippen molar-refractivity contribution in [3.63, 3.8) is 0 Å². The van der Waals surface area contributed by atoms with Gasteiger partial charge in [-0.2, -0.15) is 0 Å². The van der Waals surface area contributed by atoms with E-state index in [1.54, 1.807) is 31.2 Å². The number of hydrazine groups is 1. The Hall–Kier alpha value is -3.02. The van der Waals surface area contributed by atoms with Gasteiger partial charge in [0.2, 0.25) is 5.91 Å². The maximum absolute atomic E-state index is 12.0. The van der Waals surface area contributed by atoms with Crippen LogP contribution in [0.5, 0.6) is 11.5 Å². The van der Waals surface area contributed by atoms with E-state index >= 15 is 0 Å². The Labute approximate surface area is 153 Å². The molecule has 0 saturated carbocycles. The Morgan fingerprint density at radius 3 is 2.27 bits per heavy atom. The summed E-state index contributed by atoms with van der Waals surface area (Å²) in [6.07, 6.45) is 0.154. The van der Waals surface area contributed by atoms with Crippen LogP contribution in [-0.2, 0) is 16.0 Å². The molecule has 2 N–H and O–H groups in total. The number of hydrogen-bond donors (Lipinski definition) is 2. The highest BCUT2D eigenvalue weighted by Gasteiger charge is 2.15. The third-order valence-electron chi connectivity index (χ3n) is 3.63. The third-order valence-corrected chi connectivity index (χ3v) is 3.63. The molecule has 2 amide bonds. The molecule has 0 radical (unpaired) electrons. The molecule has 0 unspecified atom stereocenters. The average Bonchev–Trinajstić information content (AvgIpc) is 2.67. The Bertz CT molecular complexity index is 702. The summed E-state index contributed by atoms with van der Waals surface area (Å²) in [5, 5.41) is 0. The summed E-state index contributed by atoms with van der Waals surface area (Å²) in [5.74, 6) is 0.608. The van der Waals surface area contributed by atoms with Gasteiger partial charge in [0.05, 0.1) is 6.61 Å². The van der Waals surface area contributed by atoms with Crippen molar-refractivity contribution in [2.75, 3.05) is 6.61 Å². The first-order valence-electron chi connectivity index (χ1n) is 8.60. The van der Waals surface area contributed by atoms with E-state index in [0.717, 1.165) is 11.3 Å². The number of aryl methyl sites for hydroxylation is 1. The van der Waals surface area contributed by atoms with Gasteiger partial charge in [-0.15, -0.1) is 0 Å². The lowest BCUT2D eigenvalue weighted by Gasteiger charge is -2.15. The highest BCUT2D eigenvalue weighted by atomic mass is 16.5. The van der Waals surface area contributed by atoms with Crippen LogP contribution >= 0.6 is 0 Å². The normalized spacial score (nSPS) is 11.3. The minimum atomic E-state index is -0.748. The first-order chi connectivity index (χ1) is 12.6. The summed E-state index contributed by atoms with van der Waals surface area (Å²) < 4.78 is 10.9. The third kappa shape index (κ3) is 6.47. The molecule has 0 aliphatic rings. The number of nitrogens with one attached hydrogen (secondary N) is 2. The molecule has 6 nitrogen and oxygen atoms in total. The molecule has 0 aliphatic carbocycles. The fourth-order valence-electron chi connectivity index (χ4n) is 2.24. The Morgan fingerprint density at radius 1 is 0.962 bits per heavy atom. The van der Waals surface area contributed by atoms with Crippen LogP contribution in [0, 0.1) is 0 Å². The van der Waals surface area contributed by atoms with Crippen molar-refractivity contribution in [1.82, 2.24) is 10.9 Å². The summed E-state index contributed by atoms with van der Waals surface area (Å²) in [7, 11) is 0. The van der Waals surface area contributed by atoms with E-state index in [2.05, 4.69) is 10.9 Å². The summed E-state index contributed by atoms with van der Waals surface area (Å²) in [6, 6.07) is 16.7. The number of rotatable bonds is 8. The van der Waals surface area contributed by atoms with E-state index in [1.807, 2.05) is 37.3 Å². The summed E-state index contributed by atoms with van der Waals surface area (Å²) >= 11 is 0. The van der Waals surface area contributed by atoms with Crippen LogP contribution in [0.25, 0.3) is 0 Å². The Kier molecular flexibility index (Phi) is 7.49. The van der Waals surface area contributed by atoms with Crippen molar-refractivity contribution in [2.45, 2.75) is 32.8 Å². The molecule has 0 fully saturated rings. The van der Waals surface area contributed by atoms with Crippen molar-refractivity contribution < 1.29 is 19.1 Å². The second-order valence-electron chi connectivity index (χ2n) is 5.69. The largest absolute Gasteiger partial charge is 0.494 e. The van der Waals surface area contributed by atoms with Crippen LogP contribution in [-0.4, -0.2) is 24.5 Å². The highest BCUT2D eigenvalue weighted by Crippen LogP contribution is 2.18. The van der Waals surface area contributed by atoms with Gasteiger partial charge in [-0.1, -0.05) is 30.3 Å². The summed E-state index contributed by atoms with van der Waals surface area (Å²) in [6.45, 7) is 4.11. The lowest BCUT2D eigenvalue weighted by atomic mass is 10.1. The van der Waals surface area contributed by atoms with E-state index < -0.39 is 12.0 Å². The molecular weight excluding hydrogens is 332 g/mol. The first-order valence-corrected chi connectivity index (χ1v) is 8.60. The van der Waals surface area contributed by atoms with Gasteiger partial charge in [-0.05, 0) is 50.1 Å². The maximum Gasteiger partial charge on any atom is 0.279 e. The van der Waals surface area contributed by atoms with Crippen molar-refractivity contribution in [3.05, 3.63) is 60.2 Å². The summed E-state index contributed by atoms with van der Waals surface area (Å²) in [5.41, 5.74) is 5.86. The molecule has 26 heavy (non-hydrogen) atoms. The second-order valence-corrected chi connectivity index (χ2v) is 5.69. The van der Waals surface area contributed by atoms with Crippen LogP contribution in [0.2, 0.25) is 0 Å². The SMILES string of the molecule is CCOc1ccc(O[C@H](C)C(=O)NNC(=O)CCc2ccccc2)cc1. The highest BCUT2D eigenvalue weighted by molar-refractivity contribution is 5.84. The number of carbonyl (C=O) groups is 2. The lowest BCUT2D eigenvalue weighted by Crippen LogP contribution is -2.47. The van der Waals surface area contributed by atoms with Crippen LogP contribution in [0.15, 0.2) is 54.6 Å². The van der Waals surface area contributed by atoms with E-state index in [9.17, 15) is 9.59 Å². The van der Waals surface area contributed by atoms with Gasteiger partial charge < -0.3 is 9.47 Å². The first kappa shape index (κ1) is 19.3. The maximum atomic E-state index is 12.0. The zero-order valence-electron chi connectivity index (χ0n) is 15.0. The van der Waals surface area contributed by atoms with Crippen LogP contribution < -0.4 is 20.3 Å². The molecule has 0 bridgehead atoms. The molecule has 2 rings (SSSR count). The van der Waals surface area contributed by atoms with Gasteiger partial charge in [0.1, 0.15) is 11.5 Å². The van der Waals surface area contributed by atoms with E-state index in [1.165, 1.54) is 0 Å². The van der Waals surface area contributed by atoms with Crippen molar-refractivity contribution >= 4 is 11.8 Å². The van der Waals surface area contributed by atoms with Gasteiger partial charge in [-0.25, -0.2) is 0 Å². The van der Waals surface area contributed by atoms with Crippen LogP contribution in [0.4, 0.5) is 0 Å². The van der Waals surface area contributed by atoms with Gasteiger partial charge in [0, 0.05) is 6.42 Å². The van der Waals surface area contributed by atoms with Crippen LogP contribution in [0.3, 0.4) is 0 Å². The Balaban J connectivity index is 1.71. The van der Waals surface area contributed by atoms with Crippen molar-refractivity contribution in [3.8, 4) is 11.5 Å². The fraction of sp³-hybridized carbons (Fsp3) is 0.300. The number of benzene rings is 2. The molecule has 0 aliphatic heterocycles. The lowest BCUT2D eigenvalue weighted by molar-refractivity contribution is -0.132. The van der Waals surface area contributed by atoms with E-state index in [-0.39, 0.29) is 5.91 Å². The predicted molar refractivity (Wildman–Crippen MR) is 98.7 cm³/mol. The van der Waals surface area contributed by atoms with Crippen molar-refractivity contribution in [1.29, 1.82) is 0 Å². The predicted octanol–water partition coefficient (Wildman–Crippen LogP) is 2.63. The zero-order chi connectivity index (χ0) is 18.8. The minimum Gasteiger partial charge on any atom is -0.494 e. The second kappa shape index (κ2) is 10.1. The Morgan fingerprint density at radius 2 is 1.62 bits per heavy atom. The molecule has 0 saturated heterocycles. The molecule has 138 valence electrons. The smallest absolute Gasteiger partial charge is 0.279 e. The number of amides is 2. The fourth-order valence-corrected chi connectivity index (χ4v) is 2.24.